The van der Waals surface area contributed by atoms with E-state index in [9.17, 15) is 4.39 Å². The van der Waals surface area contributed by atoms with E-state index in [0.717, 1.165) is 16.3 Å². The van der Waals surface area contributed by atoms with E-state index in [4.69, 9.17) is 5.73 Å². The largest absolute Gasteiger partial charge is 0.398 e. The monoisotopic (exact) mass is 223 g/mol. The van der Waals surface area contributed by atoms with Crippen molar-refractivity contribution in [1.29, 1.82) is 0 Å². The third kappa shape index (κ3) is 2.44. The van der Waals surface area contributed by atoms with Gasteiger partial charge in [0.05, 0.1) is 18.4 Å². The van der Waals surface area contributed by atoms with E-state index in [-0.39, 0.29) is 0 Å². The summed E-state index contributed by atoms with van der Waals surface area (Å²) in [5, 5.41) is 5.06. The van der Waals surface area contributed by atoms with Crippen molar-refractivity contribution in [3.8, 4) is 0 Å². The van der Waals surface area contributed by atoms with Crippen LogP contribution in [0, 0.1) is 5.95 Å². The van der Waals surface area contributed by atoms with Crippen molar-refractivity contribution in [3.63, 3.8) is 0 Å². The number of hydrogen-bond donors (Lipinski definition) is 2. The number of nitrogens with one attached hydrogen (secondary N) is 1. The Morgan fingerprint density at radius 3 is 2.87 bits per heavy atom. The van der Waals surface area contributed by atoms with Crippen LogP contribution in [0.3, 0.4) is 0 Å². The Bertz CT molecular complexity index is 438. The Balaban J connectivity index is 1.99. The van der Waals surface area contributed by atoms with Crippen molar-refractivity contribution in [2.45, 2.75) is 6.54 Å². The summed E-state index contributed by atoms with van der Waals surface area (Å²) in [5.41, 5.74) is 7.29. The predicted octanol–water partition coefficient (Wildman–Crippen LogP) is 2.48. The van der Waals surface area contributed by atoms with E-state index >= 15 is 0 Å². The van der Waals surface area contributed by atoms with Crippen LogP contribution in [-0.2, 0) is 6.54 Å². The van der Waals surface area contributed by atoms with Gasteiger partial charge in [0, 0.05) is 10.6 Å². The molecule has 0 amide bonds. The number of rotatable bonds is 3. The standard InChI is InChI=1S/C10H10FN3S/c11-10-2-1-7(5-14-10)13-6-9-8(12)3-4-15-9/h1-5,13H,6,12H2. The van der Waals surface area contributed by atoms with Crippen molar-refractivity contribution in [3.05, 3.63) is 40.6 Å². The van der Waals surface area contributed by atoms with Crippen LogP contribution in [-0.4, -0.2) is 4.98 Å². The molecule has 0 atom stereocenters. The van der Waals surface area contributed by atoms with Gasteiger partial charge in [0.15, 0.2) is 0 Å². The number of pyridine rings is 1. The van der Waals surface area contributed by atoms with Gasteiger partial charge in [-0.05, 0) is 23.6 Å². The van der Waals surface area contributed by atoms with Gasteiger partial charge in [0.1, 0.15) is 0 Å². The van der Waals surface area contributed by atoms with Gasteiger partial charge in [-0.3, -0.25) is 0 Å². The highest BCUT2D eigenvalue weighted by Gasteiger charge is 2.00. The van der Waals surface area contributed by atoms with Gasteiger partial charge in [-0.1, -0.05) is 0 Å². The maximum absolute atomic E-state index is 12.5. The fourth-order valence-corrected chi connectivity index (χ4v) is 1.90. The molecule has 2 rings (SSSR count). The molecule has 3 N–H and O–H groups in total. The number of nitrogens with zero attached hydrogens (tertiary/aromatic N) is 1. The molecule has 3 nitrogen and oxygen atoms in total. The van der Waals surface area contributed by atoms with Gasteiger partial charge >= 0.3 is 0 Å². The van der Waals surface area contributed by atoms with E-state index in [1.807, 2.05) is 11.4 Å². The van der Waals surface area contributed by atoms with Crippen LogP contribution in [0.25, 0.3) is 0 Å². The molecular weight excluding hydrogens is 213 g/mol. The Hall–Kier alpha value is -1.62. The fraction of sp³-hybridized carbons (Fsp3) is 0.100. The summed E-state index contributed by atoms with van der Waals surface area (Å²) in [4.78, 5) is 4.61. The van der Waals surface area contributed by atoms with Crippen LogP contribution in [0.1, 0.15) is 4.88 Å². The molecule has 78 valence electrons. The predicted molar refractivity (Wildman–Crippen MR) is 60.3 cm³/mol. The zero-order chi connectivity index (χ0) is 10.7. The average Bonchev–Trinajstić information content (AvgIpc) is 2.63. The highest BCUT2D eigenvalue weighted by molar-refractivity contribution is 7.10. The summed E-state index contributed by atoms with van der Waals surface area (Å²) in [6.45, 7) is 0.636. The van der Waals surface area contributed by atoms with Gasteiger partial charge in [-0.15, -0.1) is 11.3 Å². The summed E-state index contributed by atoms with van der Waals surface area (Å²) in [5.74, 6) is -0.476. The number of aromatic nitrogens is 1. The van der Waals surface area contributed by atoms with Crippen LogP contribution in [0.5, 0.6) is 0 Å². The molecule has 0 aliphatic rings. The minimum absolute atomic E-state index is 0.476. The molecule has 0 unspecified atom stereocenters. The fourth-order valence-electron chi connectivity index (χ4n) is 1.16. The van der Waals surface area contributed by atoms with E-state index in [0.29, 0.717) is 6.54 Å². The lowest BCUT2D eigenvalue weighted by molar-refractivity contribution is 0.584. The summed E-state index contributed by atoms with van der Waals surface area (Å²) in [7, 11) is 0. The maximum atomic E-state index is 12.5. The molecule has 0 aromatic carbocycles. The first-order valence-corrected chi connectivity index (χ1v) is 5.31. The van der Waals surface area contributed by atoms with Crippen molar-refractivity contribution in [2.75, 3.05) is 11.1 Å². The second kappa shape index (κ2) is 4.27. The maximum Gasteiger partial charge on any atom is 0.212 e. The molecule has 0 radical (unpaired) electrons. The molecule has 2 aromatic rings. The molecule has 0 fully saturated rings. The molecule has 5 heteroatoms. The van der Waals surface area contributed by atoms with Gasteiger partial charge < -0.3 is 11.1 Å². The van der Waals surface area contributed by atoms with E-state index in [2.05, 4.69) is 10.3 Å². The topological polar surface area (TPSA) is 50.9 Å². The lowest BCUT2D eigenvalue weighted by Gasteiger charge is -2.04. The van der Waals surface area contributed by atoms with Crippen LogP contribution >= 0.6 is 11.3 Å². The molecular formula is C10H10FN3S. The second-order valence-corrected chi connectivity index (χ2v) is 4.02. The zero-order valence-corrected chi connectivity index (χ0v) is 8.72. The lowest BCUT2D eigenvalue weighted by Crippen LogP contribution is -2.00. The molecule has 2 aromatic heterocycles. The number of hydrogen-bond acceptors (Lipinski definition) is 4. The van der Waals surface area contributed by atoms with Gasteiger partial charge in [0.25, 0.3) is 0 Å². The van der Waals surface area contributed by atoms with Gasteiger partial charge in [0.2, 0.25) is 5.95 Å². The van der Waals surface area contributed by atoms with Crippen molar-refractivity contribution in [2.24, 2.45) is 0 Å². The Morgan fingerprint density at radius 2 is 2.27 bits per heavy atom. The quantitative estimate of drug-likeness (QED) is 0.786. The first kappa shape index (κ1) is 9.92. The zero-order valence-electron chi connectivity index (χ0n) is 7.90. The summed E-state index contributed by atoms with van der Waals surface area (Å²) in [6.07, 6.45) is 1.46. The van der Waals surface area contributed by atoms with Crippen molar-refractivity contribution < 1.29 is 4.39 Å². The molecule has 2 heterocycles. The molecule has 0 bridgehead atoms. The normalized spacial score (nSPS) is 10.2. The molecule has 15 heavy (non-hydrogen) atoms. The van der Waals surface area contributed by atoms with Crippen molar-refractivity contribution >= 4 is 22.7 Å². The SMILES string of the molecule is Nc1ccsc1CNc1ccc(F)nc1. The number of nitrogen functional groups attached to an aromatic ring is 1. The Labute approximate surface area is 90.8 Å². The molecule has 0 aliphatic heterocycles. The summed E-state index contributed by atoms with van der Waals surface area (Å²) in [6, 6.07) is 4.83. The second-order valence-electron chi connectivity index (χ2n) is 3.02. The number of anilines is 2. The number of halogens is 1. The Morgan fingerprint density at radius 1 is 1.40 bits per heavy atom. The highest BCUT2D eigenvalue weighted by atomic mass is 32.1. The van der Waals surface area contributed by atoms with Crippen LogP contribution < -0.4 is 11.1 Å². The first-order valence-electron chi connectivity index (χ1n) is 4.43. The van der Waals surface area contributed by atoms with Crippen molar-refractivity contribution in [1.82, 2.24) is 4.98 Å². The third-order valence-electron chi connectivity index (χ3n) is 1.96. The first-order chi connectivity index (χ1) is 7.25. The van der Waals surface area contributed by atoms with Gasteiger partial charge in [-0.2, -0.15) is 4.39 Å². The van der Waals surface area contributed by atoms with Crippen LogP contribution in [0.15, 0.2) is 29.8 Å². The molecule has 0 saturated carbocycles. The average molecular weight is 223 g/mol. The highest BCUT2D eigenvalue weighted by Crippen LogP contribution is 2.20. The summed E-state index contributed by atoms with van der Waals surface area (Å²) >= 11 is 1.59. The molecule has 0 spiro atoms. The third-order valence-corrected chi connectivity index (χ3v) is 2.90. The van der Waals surface area contributed by atoms with Gasteiger partial charge in [-0.25, -0.2) is 4.98 Å². The van der Waals surface area contributed by atoms with E-state index in [1.165, 1.54) is 12.3 Å². The Kier molecular flexibility index (Phi) is 2.82. The number of thiophene rings is 1. The molecule has 0 aliphatic carbocycles. The minimum atomic E-state index is -0.476. The minimum Gasteiger partial charge on any atom is -0.398 e. The molecule has 0 saturated heterocycles. The summed E-state index contributed by atoms with van der Waals surface area (Å²) < 4.78 is 12.5. The van der Waals surface area contributed by atoms with Crippen LogP contribution in [0.4, 0.5) is 15.8 Å². The number of nitrogens with two attached hydrogens (primary N) is 1. The lowest BCUT2D eigenvalue weighted by atomic mass is 10.3. The van der Waals surface area contributed by atoms with Crippen LogP contribution in [0.2, 0.25) is 0 Å². The van der Waals surface area contributed by atoms with E-state index < -0.39 is 5.95 Å². The van der Waals surface area contributed by atoms with E-state index in [1.54, 1.807) is 17.4 Å². The smallest absolute Gasteiger partial charge is 0.212 e.